The van der Waals surface area contributed by atoms with Crippen LogP contribution in [0, 0.1) is 0 Å². The van der Waals surface area contributed by atoms with E-state index in [1.54, 1.807) is 17.9 Å². The van der Waals surface area contributed by atoms with Gasteiger partial charge in [-0.1, -0.05) is 36.4 Å². The first-order valence-electron chi connectivity index (χ1n) is 5.66. The molecular weight excluding hydrogens is 245 g/mol. The van der Waals surface area contributed by atoms with Crippen LogP contribution in [0.25, 0.3) is 6.08 Å². The number of anilines is 1. The van der Waals surface area contributed by atoms with Crippen LogP contribution in [0.4, 0.5) is 5.69 Å². The Morgan fingerprint density at radius 2 is 1.67 bits per heavy atom. The summed E-state index contributed by atoms with van der Waals surface area (Å²) in [7, 11) is -3.00. The molecule has 18 heavy (non-hydrogen) atoms. The van der Waals surface area contributed by atoms with E-state index in [4.69, 9.17) is 4.52 Å². The van der Waals surface area contributed by atoms with Crippen LogP contribution in [0.3, 0.4) is 0 Å². The summed E-state index contributed by atoms with van der Waals surface area (Å²) in [5.41, 5.74) is 1.85. The highest BCUT2D eigenvalue weighted by atomic mass is 31.2. The zero-order valence-electron chi connectivity index (χ0n) is 9.61. The van der Waals surface area contributed by atoms with Crippen LogP contribution in [0.5, 0.6) is 5.75 Å². The van der Waals surface area contributed by atoms with E-state index in [1.165, 1.54) is 0 Å². The summed E-state index contributed by atoms with van der Waals surface area (Å²) < 4.78 is 18.1. The van der Waals surface area contributed by atoms with Gasteiger partial charge in [0.2, 0.25) is 0 Å². The van der Waals surface area contributed by atoms with Crippen LogP contribution in [-0.4, -0.2) is 0 Å². The van der Waals surface area contributed by atoms with Crippen LogP contribution in [-0.2, 0) is 4.57 Å². The average Bonchev–Trinajstić information content (AvgIpc) is 2.39. The first-order valence-corrected chi connectivity index (χ1v) is 7.36. The highest BCUT2D eigenvalue weighted by Crippen LogP contribution is 2.52. The molecule has 0 amide bonds. The van der Waals surface area contributed by atoms with Crippen LogP contribution < -0.4 is 9.61 Å². The SMILES string of the molecule is O=P1(Oc2ccccc2)C=Cc2ccccc2N1. The van der Waals surface area contributed by atoms with Crippen molar-refractivity contribution >= 4 is 19.3 Å². The lowest BCUT2D eigenvalue weighted by Gasteiger charge is -2.22. The quantitative estimate of drug-likeness (QED) is 0.812. The van der Waals surface area contributed by atoms with E-state index in [2.05, 4.69) is 5.09 Å². The maximum Gasteiger partial charge on any atom is 0.364 e. The molecule has 1 atom stereocenters. The smallest absolute Gasteiger partial charge is 0.364 e. The van der Waals surface area contributed by atoms with Gasteiger partial charge >= 0.3 is 7.52 Å². The normalized spacial score (nSPS) is 20.9. The summed E-state index contributed by atoms with van der Waals surface area (Å²) in [6.45, 7) is 0. The molecule has 4 heteroatoms. The maximum atomic E-state index is 12.5. The molecule has 3 rings (SSSR count). The van der Waals surface area contributed by atoms with Gasteiger partial charge in [0.15, 0.2) is 0 Å². The predicted molar refractivity (Wildman–Crippen MR) is 73.8 cm³/mol. The summed E-state index contributed by atoms with van der Waals surface area (Å²) in [4.78, 5) is 0. The molecular formula is C14H12NO2P. The Labute approximate surface area is 106 Å². The van der Waals surface area contributed by atoms with Crippen molar-refractivity contribution in [3.05, 3.63) is 66.0 Å². The second-order valence-electron chi connectivity index (χ2n) is 4.02. The van der Waals surface area contributed by atoms with Crippen LogP contribution in [0.15, 0.2) is 60.4 Å². The largest absolute Gasteiger partial charge is 0.426 e. The van der Waals surface area contributed by atoms with Gasteiger partial charge in [-0.25, -0.2) is 4.57 Å². The summed E-state index contributed by atoms with van der Waals surface area (Å²) in [6.07, 6.45) is 1.83. The lowest BCUT2D eigenvalue weighted by molar-refractivity contribution is 0.497. The minimum absolute atomic E-state index is 0.595. The number of rotatable bonds is 2. The Bertz CT molecular complexity index is 637. The van der Waals surface area contributed by atoms with E-state index in [0.717, 1.165) is 11.3 Å². The van der Waals surface area contributed by atoms with Crippen molar-refractivity contribution in [1.29, 1.82) is 0 Å². The Morgan fingerprint density at radius 1 is 0.944 bits per heavy atom. The Kier molecular flexibility index (Phi) is 2.69. The van der Waals surface area contributed by atoms with E-state index in [9.17, 15) is 4.57 Å². The molecule has 90 valence electrons. The number of para-hydroxylation sites is 2. The molecule has 1 unspecified atom stereocenters. The van der Waals surface area contributed by atoms with Gasteiger partial charge < -0.3 is 9.61 Å². The van der Waals surface area contributed by atoms with Gasteiger partial charge in [0.05, 0.1) is 0 Å². The number of benzene rings is 2. The number of nitrogens with one attached hydrogen (secondary N) is 1. The highest BCUT2D eigenvalue weighted by Gasteiger charge is 2.25. The van der Waals surface area contributed by atoms with Crippen LogP contribution >= 0.6 is 7.52 Å². The van der Waals surface area contributed by atoms with Crippen molar-refractivity contribution in [2.24, 2.45) is 0 Å². The van der Waals surface area contributed by atoms with E-state index in [0.29, 0.717) is 5.75 Å². The molecule has 2 aromatic carbocycles. The first kappa shape index (κ1) is 11.1. The lowest BCUT2D eigenvalue weighted by atomic mass is 10.2. The highest BCUT2D eigenvalue weighted by molar-refractivity contribution is 7.64. The molecule has 1 aliphatic rings. The van der Waals surface area contributed by atoms with Gasteiger partial charge in [0.1, 0.15) is 5.75 Å². The third kappa shape index (κ3) is 2.18. The molecule has 0 aromatic heterocycles. The molecule has 0 saturated carbocycles. The second kappa shape index (κ2) is 4.35. The average molecular weight is 257 g/mol. The van der Waals surface area contributed by atoms with E-state index < -0.39 is 7.52 Å². The molecule has 0 spiro atoms. The third-order valence-corrected chi connectivity index (χ3v) is 4.25. The fourth-order valence-corrected chi connectivity index (χ4v) is 3.33. The van der Waals surface area contributed by atoms with E-state index in [1.807, 2.05) is 48.5 Å². The molecule has 0 saturated heterocycles. The fraction of sp³-hybridized carbons (Fsp3) is 0. The molecule has 0 fully saturated rings. The zero-order valence-corrected chi connectivity index (χ0v) is 10.5. The topological polar surface area (TPSA) is 38.3 Å². The van der Waals surface area contributed by atoms with Gasteiger partial charge in [0, 0.05) is 11.5 Å². The zero-order chi connectivity index (χ0) is 12.4. The van der Waals surface area contributed by atoms with Crippen molar-refractivity contribution in [3.8, 4) is 5.75 Å². The molecule has 1 aliphatic heterocycles. The minimum atomic E-state index is -3.00. The van der Waals surface area contributed by atoms with Gasteiger partial charge in [-0.3, -0.25) is 0 Å². The molecule has 0 bridgehead atoms. The summed E-state index contributed by atoms with van der Waals surface area (Å²) >= 11 is 0. The number of hydrogen-bond donors (Lipinski definition) is 1. The second-order valence-corrected chi connectivity index (χ2v) is 5.91. The number of hydrogen-bond acceptors (Lipinski definition) is 2. The van der Waals surface area contributed by atoms with E-state index in [-0.39, 0.29) is 0 Å². The third-order valence-electron chi connectivity index (χ3n) is 2.67. The molecule has 1 N–H and O–H groups in total. The minimum Gasteiger partial charge on any atom is -0.426 e. The Morgan fingerprint density at radius 3 is 2.50 bits per heavy atom. The van der Waals surface area contributed by atoms with Crippen LogP contribution in [0.1, 0.15) is 5.56 Å². The Hall–Kier alpha value is -1.99. The number of fused-ring (bicyclic) bond motifs is 1. The maximum absolute atomic E-state index is 12.5. The standard InChI is InChI=1S/C14H12NO2P/c16-18(17-13-7-2-1-3-8-13)11-10-12-6-4-5-9-14(12)15-18/h1-11H,(H,15,16). The summed E-state index contributed by atoms with van der Waals surface area (Å²) in [5.74, 6) is 2.19. The van der Waals surface area contributed by atoms with E-state index >= 15 is 0 Å². The van der Waals surface area contributed by atoms with Crippen molar-refractivity contribution in [2.45, 2.75) is 0 Å². The summed E-state index contributed by atoms with van der Waals surface area (Å²) in [5, 5.41) is 2.97. The van der Waals surface area contributed by atoms with Gasteiger partial charge in [-0.05, 0) is 29.8 Å². The molecule has 0 radical (unpaired) electrons. The lowest BCUT2D eigenvalue weighted by Crippen LogP contribution is -2.05. The van der Waals surface area contributed by atoms with Crippen molar-refractivity contribution in [3.63, 3.8) is 0 Å². The molecule has 0 aliphatic carbocycles. The summed E-state index contributed by atoms with van der Waals surface area (Å²) in [6, 6.07) is 16.9. The van der Waals surface area contributed by atoms with Gasteiger partial charge in [-0.2, -0.15) is 0 Å². The molecule has 3 nitrogen and oxygen atoms in total. The fourth-order valence-electron chi connectivity index (χ4n) is 1.82. The van der Waals surface area contributed by atoms with Gasteiger partial charge in [0.25, 0.3) is 0 Å². The molecule has 2 aromatic rings. The monoisotopic (exact) mass is 257 g/mol. The Balaban J connectivity index is 1.89. The van der Waals surface area contributed by atoms with Crippen molar-refractivity contribution in [2.75, 3.05) is 5.09 Å². The van der Waals surface area contributed by atoms with Crippen molar-refractivity contribution < 1.29 is 9.09 Å². The molecule has 1 heterocycles. The predicted octanol–water partition coefficient (Wildman–Crippen LogP) is 4.35. The van der Waals surface area contributed by atoms with Crippen molar-refractivity contribution in [1.82, 2.24) is 0 Å². The van der Waals surface area contributed by atoms with Gasteiger partial charge in [-0.15, -0.1) is 0 Å². The van der Waals surface area contributed by atoms with Crippen LogP contribution in [0.2, 0.25) is 0 Å². The first-order chi connectivity index (χ1) is 8.75.